The first kappa shape index (κ1) is 18.6. The number of aromatic nitrogens is 2. The minimum absolute atomic E-state index is 0.00820. The summed E-state index contributed by atoms with van der Waals surface area (Å²) < 4.78 is 54.1. The number of fused-ring (bicyclic) bond motifs is 1. The predicted molar refractivity (Wildman–Crippen MR) is 94.8 cm³/mol. The van der Waals surface area contributed by atoms with Crippen molar-refractivity contribution in [2.24, 2.45) is 11.8 Å². The van der Waals surface area contributed by atoms with E-state index in [9.17, 15) is 22.4 Å². The van der Waals surface area contributed by atoms with Crippen LogP contribution in [0.5, 0.6) is 0 Å². The number of nitrogens with zero attached hydrogens (tertiary/aromatic N) is 2. The van der Waals surface area contributed by atoms with Crippen molar-refractivity contribution in [1.82, 2.24) is 9.97 Å². The molecule has 2 aromatic rings. The Morgan fingerprint density at radius 1 is 1.11 bits per heavy atom. The molecule has 28 heavy (non-hydrogen) atoms. The minimum Gasteiger partial charge on any atom is -0.305 e. The first-order valence-corrected chi connectivity index (χ1v) is 9.03. The Bertz CT molecular complexity index is 937. The van der Waals surface area contributed by atoms with Gasteiger partial charge < -0.3 is 5.32 Å². The maximum atomic E-state index is 13.7. The van der Waals surface area contributed by atoms with Crippen molar-refractivity contribution in [1.29, 1.82) is 0 Å². The Hall–Kier alpha value is -2.77. The van der Waals surface area contributed by atoms with Crippen molar-refractivity contribution in [2.75, 3.05) is 5.32 Å². The number of allylic oxidation sites excluding steroid dienone is 2. The molecule has 0 saturated heterocycles. The van der Waals surface area contributed by atoms with Gasteiger partial charge in [-0.1, -0.05) is 18.6 Å². The van der Waals surface area contributed by atoms with Gasteiger partial charge in [0.15, 0.2) is 5.82 Å². The largest absolute Gasteiger partial charge is 0.413 e. The highest BCUT2D eigenvalue weighted by Gasteiger charge is 2.48. The molecular formula is C20H17F4N3O. The monoisotopic (exact) mass is 391 g/mol. The average Bonchev–Trinajstić information content (AvgIpc) is 3.23. The summed E-state index contributed by atoms with van der Waals surface area (Å²) in [5, 5.41) is 2.41. The van der Waals surface area contributed by atoms with E-state index in [0.717, 1.165) is 18.9 Å². The number of rotatable bonds is 3. The van der Waals surface area contributed by atoms with Crippen LogP contribution in [0.15, 0.2) is 42.2 Å². The molecule has 1 aromatic heterocycles. The zero-order valence-corrected chi connectivity index (χ0v) is 14.8. The second-order valence-corrected chi connectivity index (χ2v) is 7.11. The molecule has 1 saturated carbocycles. The summed E-state index contributed by atoms with van der Waals surface area (Å²) >= 11 is 0. The summed E-state index contributed by atoms with van der Waals surface area (Å²) in [6, 6.07) is 5.47. The van der Waals surface area contributed by atoms with Crippen LogP contribution in [-0.2, 0) is 0 Å². The van der Waals surface area contributed by atoms with Crippen molar-refractivity contribution < 1.29 is 22.4 Å². The molecule has 2 aliphatic carbocycles. The third kappa shape index (κ3) is 3.39. The molecule has 2 aliphatic rings. The second kappa shape index (κ2) is 7.00. The summed E-state index contributed by atoms with van der Waals surface area (Å²) in [5.41, 5.74) is -0.250. The number of amides is 1. The fourth-order valence-corrected chi connectivity index (χ4v) is 4.23. The lowest BCUT2D eigenvalue weighted by atomic mass is 9.93. The zero-order valence-electron chi connectivity index (χ0n) is 14.8. The number of nitrogens with one attached hydrogen (secondary N) is 1. The Balaban J connectivity index is 1.59. The topological polar surface area (TPSA) is 54.9 Å². The number of alkyl halides is 3. The van der Waals surface area contributed by atoms with Crippen molar-refractivity contribution in [2.45, 2.75) is 31.9 Å². The molecule has 0 aliphatic heterocycles. The molecule has 1 amide bonds. The van der Waals surface area contributed by atoms with E-state index in [2.05, 4.69) is 15.3 Å². The van der Waals surface area contributed by atoms with Crippen molar-refractivity contribution in [3.8, 4) is 0 Å². The van der Waals surface area contributed by atoms with Gasteiger partial charge in [-0.05, 0) is 48.8 Å². The number of halogens is 4. The Kier molecular flexibility index (Phi) is 4.64. The summed E-state index contributed by atoms with van der Waals surface area (Å²) in [7, 11) is 0. The van der Waals surface area contributed by atoms with E-state index in [1.165, 1.54) is 30.6 Å². The van der Waals surface area contributed by atoms with Crippen LogP contribution in [0.25, 0.3) is 5.57 Å². The van der Waals surface area contributed by atoms with E-state index in [4.69, 9.17) is 0 Å². The first-order valence-electron chi connectivity index (χ1n) is 9.03. The molecule has 2 unspecified atom stereocenters. The predicted octanol–water partition coefficient (Wildman–Crippen LogP) is 5.00. The van der Waals surface area contributed by atoms with Crippen molar-refractivity contribution in [3.05, 3.63) is 59.3 Å². The Morgan fingerprint density at radius 3 is 2.57 bits per heavy atom. The number of hydrogen-bond acceptors (Lipinski definition) is 3. The summed E-state index contributed by atoms with van der Waals surface area (Å²) in [6.45, 7) is 0. The molecule has 0 bridgehead atoms. The third-order valence-electron chi connectivity index (χ3n) is 5.45. The number of carbonyl (C=O) groups excluding carboxylic acids is 1. The van der Waals surface area contributed by atoms with Crippen molar-refractivity contribution in [3.63, 3.8) is 0 Å². The van der Waals surface area contributed by atoms with Crippen LogP contribution in [0.4, 0.5) is 23.4 Å². The van der Waals surface area contributed by atoms with Crippen molar-refractivity contribution >= 4 is 17.3 Å². The van der Waals surface area contributed by atoms with E-state index in [1.54, 1.807) is 0 Å². The number of benzene rings is 1. The number of hydrogen-bond donors (Lipinski definition) is 1. The van der Waals surface area contributed by atoms with Gasteiger partial charge in [0, 0.05) is 5.57 Å². The van der Waals surface area contributed by atoms with Crippen LogP contribution in [0.2, 0.25) is 0 Å². The summed E-state index contributed by atoms with van der Waals surface area (Å²) in [6.07, 6.45) is 0.505. The molecule has 1 aromatic carbocycles. The lowest BCUT2D eigenvalue weighted by Crippen LogP contribution is -2.15. The van der Waals surface area contributed by atoms with Crippen LogP contribution in [0.1, 0.15) is 41.7 Å². The Morgan fingerprint density at radius 2 is 1.89 bits per heavy atom. The fourth-order valence-electron chi connectivity index (χ4n) is 4.23. The molecule has 4 nitrogen and oxygen atoms in total. The molecular weight excluding hydrogens is 374 g/mol. The lowest BCUT2D eigenvalue weighted by Gasteiger charge is -2.15. The van der Waals surface area contributed by atoms with E-state index in [1.807, 2.05) is 0 Å². The van der Waals surface area contributed by atoms with Gasteiger partial charge in [0.05, 0.1) is 23.7 Å². The minimum atomic E-state index is -4.39. The van der Waals surface area contributed by atoms with Gasteiger partial charge in [-0.3, -0.25) is 9.78 Å². The van der Waals surface area contributed by atoms with Gasteiger partial charge >= 0.3 is 6.18 Å². The second-order valence-electron chi connectivity index (χ2n) is 7.11. The van der Waals surface area contributed by atoms with Gasteiger partial charge in [-0.2, -0.15) is 13.2 Å². The van der Waals surface area contributed by atoms with Gasteiger partial charge in [0.1, 0.15) is 5.82 Å². The molecule has 0 radical (unpaired) electrons. The smallest absolute Gasteiger partial charge is 0.305 e. The molecule has 1 fully saturated rings. The van der Waals surface area contributed by atoms with Crippen LogP contribution < -0.4 is 5.32 Å². The van der Waals surface area contributed by atoms with E-state index >= 15 is 0 Å². The highest BCUT2D eigenvalue weighted by Crippen LogP contribution is 2.54. The van der Waals surface area contributed by atoms with Gasteiger partial charge in [-0.15, -0.1) is 0 Å². The zero-order chi connectivity index (χ0) is 19.9. The van der Waals surface area contributed by atoms with Crippen LogP contribution in [0.3, 0.4) is 0 Å². The van der Waals surface area contributed by atoms with Gasteiger partial charge in [-0.25, -0.2) is 9.37 Å². The standard InChI is InChI=1S/C20H17F4N3O/c21-15-7-2-1-5-13(15)19(28)27-17-10-25-16(9-26-17)18-12-6-3-4-11(12)8-14(18)20(22,23)24/h1-2,5,7,9-12H,3-4,6,8H2,(H,26,27,28). The highest BCUT2D eigenvalue weighted by molar-refractivity contribution is 6.03. The van der Waals surface area contributed by atoms with Crippen LogP contribution >= 0.6 is 0 Å². The van der Waals surface area contributed by atoms with E-state index < -0.39 is 23.5 Å². The number of anilines is 1. The molecule has 1 N–H and O–H groups in total. The normalized spacial score (nSPS) is 21.7. The fraction of sp³-hybridized carbons (Fsp3) is 0.350. The molecule has 2 atom stereocenters. The van der Waals surface area contributed by atoms with E-state index in [-0.39, 0.29) is 40.9 Å². The molecule has 4 rings (SSSR count). The summed E-state index contributed by atoms with van der Waals surface area (Å²) in [5.74, 6) is -1.47. The maximum absolute atomic E-state index is 13.7. The van der Waals surface area contributed by atoms with Gasteiger partial charge in [0.25, 0.3) is 5.91 Å². The highest BCUT2D eigenvalue weighted by atomic mass is 19.4. The molecule has 146 valence electrons. The quantitative estimate of drug-likeness (QED) is 0.749. The average molecular weight is 391 g/mol. The van der Waals surface area contributed by atoms with Crippen LogP contribution in [0, 0.1) is 17.7 Å². The maximum Gasteiger partial charge on any atom is 0.413 e. The lowest BCUT2D eigenvalue weighted by molar-refractivity contribution is -0.0933. The molecule has 1 heterocycles. The summed E-state index contributed by atoms with van der Waals surface area (Å²) in [4.78, 5) is 20.3. The third-order valence-corrected chi connectivity index (χ3v) is 5.45. The van der Waals surface area contributed by atoms with E-state index in [0.29, 0.717) is 6.42 Å². The first-order chi connectivity index (χ1) is 13.3. The SMILES string of the molecule is O=C(Nc1cnc(C2=C(C(F)(F)F)CC3CCCC23)cn1)c1ccccc1F. The Labute approximate surface area is 158 Å². The number of carbonyl (C=O) groups is 1. The molecule has 8 heteroatoms. The molecule has 0 spiro atoms. The van der Waals surface area contributed by atoms with Crippen LogP contribution in [-0.4, -0.2) is 22.1 Å². The van der Waals surface area contributed by atoms with Gasteiger partial charge in [0.2, 0.25) is 0 Å².